The van der Waals surface area contributed by atoms with Crippen LogP contribution in [0.15, 0.2) is 23.9 Å². The summed E-state index contributed by atoms with van der Waals surface area (Å²) in [6.45, 7) is 0. The lowest BCUT2D eigenvalue weighted by Crippen LogP contribution is -2.21. The molecule has 1 rings (SSSR count). The summed E-state index contributed by atoms with van der Waals surface area (Å²) in [5.74, 6) is 0. The van der Waals surface area contributed by atoms with Gasteiger partial charge in [-0.15, -0.1) is 0 Å². The summed E-state index contributed by atoms with van der Waals surface area (Å²) in [6, 6.07) is 0. The molecule has 1 aliphatic carbocycles. The van der Waals surface area contributed by atoms with E-state index in [0.29, 0.717) is 10.5 Å². The maximum absolute atomic E-state index is 10.8. The topological polar surface area (TPSA) is 46.2 Å². The summed E-state index contributed by atoms with van der Waals surface area (Å²) in [5.41, 5.74) is 0.646. The van der Waals surface area contributed by atoms with E-state index in [4.69, 9.17) is 0 Å². The van der Waals surface area contributed by atoms with Crippen LogP contribution < -0.4 is 4.72 Å². The van der Waals surface area contributed by atoms with Gasteiger partial charge < -0.3 is 0 Å². The van der Waals surface area contributed by atoms with Crippen molar-refractivity contribution < 1.29 is 8.42 Å². The van der Waals surface area contributed by atoms with Crippen molar-refractivity contribution in [2.24, 2.45) is 0 Å². The monoisotopic (exact) mass is 251 g/mol. The molecule has 0 spiro atoms. The maximum atomic E-state index is 10.8. The predicted octanol–water partition coefficient (Wildman–Crippen LogP) is 1.14. The van der Waals surface area contributed by atoms with Gasteiger partial charge in [-0.3, -0.25) is 4.72 Å². The predicted molar refractivity (Wildman–Crippen MR) is 52.5 cm³/mol. The van der Waals surface area contributed by atoms with Crippen LogP contribution in [0.3, 0.4) is 0 Å². The molecule has 0 aromatic rings. The summed E-state index contributed by atoms with van der Waals surface area (Å²) in [7, 11) is -3.13. The third-order valence-electron chi connectivity index (χ3n) is 1.35. The van der Waals surface area contributed by atoms with E-state index in [9.17, 15) is 8.42 Å². The van der Waals surface area contributed by atoms with Crippen LogP contribution in [0.25, 0.3) is 0 Å². The number of alkyl halides is 1. The molecule has 1 N–H and O–H groups in total. The number of sulfonamides is 1. The van der Waals surface area contributed by atoms with E-state index in [1.54, 1.807) is 6.08 Å². The molecular formula is C7H10BrNO2S. The molecule has 12 heavy (non-hydrogen) atoms. The lowest BCUT2D eigenvalue weighted by Gasteiger charge is -2.10. The van der Waals surface area contributed by atoms with Gasteiger partial charge in [-0.1, -0.05) is 28.1 Å². The molecule has 5 heteroatoms. The van der Waals surface area contributed by atoms with Gasteiger partial charge in [-0.25, -0.2) is 8.42 Å². The van der Waals surface area contributed by atoms with Gasteiger partial charge >= 0.3 is 0 Å². The van der Waals surface area contributed by atoms with E-state index < -0.39 is 10.0 Å². The fourth-order valence-corrected chi connectivity index (χ4v) is 1.80. The van der Waals surface area contributed by atoms with E-state index in [0.717, 1.165) is 12.7 Å². The van der Waals surface area contributed by atoms with Crippen LogP contribution in [-0.2, 0) is 10.0 Å². The first kappa shape index (κ1) is 9.80. The first-order chi connectivity index (χ1) is 5.47. The molecule has 1 unspecified atom stereocenters. The van der Waals surface area contributed by atoms with Crippen LogP contribution in [0.2, 0.25) is 0 Å². The van der Waals surface area contributed by atoms with Crippen LogP contribution in [0, 0.1) is 0 Å². The Hall–Kier alpha value is -0.290. The molecule has 0 radical (unpaired) electrons. The zero-order valence-electron chi connectivity index (χ0n) is 6.62. The standard InChI is InChI=1S/C7H10BrNO2S/c1-12(10,11)9-7-4-2-6(8)3-5-7/h2,4-6,9H,3H2,1H3. The van der Waals surface area contributed by atoms with Crippen molar-refractivity contribution in [3.05, 3.63) is 23.9 Å². The van der Waals surface area contributed by atoms with Crippen LogP contribution >= 0.6 is 15.9 Å². The second kappa shape index (κ2) is 3.62. The largest absolute Gasteiger partial charge is 0.284 e. The Bertz CT molecular complexity index is 318. The Kier molecular flexibility index (Phi) is 2.95. The minimum Gasteiger partial charge on any atom is -0.284 e. The van der Waals surface area contributed by atoms with Gasteiger partial charge in [-0.2, -0.15) is 0 Å². The van der Waals surface area contributed by atoms with Gasteiger partial charge in [0, 0.05) is 10.5 Å². The molecule has 0 saturated carbocycles. The first-order valence-corrected chi connectivity index (χ1v) is 6.28. The number of nitrogens with one attached hydrogen (secondary N) is 1. The fourth-order valence-electron chi connectivity index (χ4n) is 0.884. The minimum atomic E-state index is -3.13. The van der Waals surface area contributed by atoms with E-state index in [2.05, 4.69) is 20.7 Å². The van der Waals surface area contributed by atoms with Crippen LogP contribution in [0.4, 0.5) is 0 Å². The Balaban J connectivity index is 2.63. The van der Waals surface area contributed by atoms with E-state index in [1.165, 1.54) is 0 Å². The molecule has 0 bridgehead atoms. The number of hydrogen-bond acceptors (Lipinski definition) is 2. The third kappa shape index (κ3) is 3.40. The Labute approximate surface area is 80.7 Å². The SMILES string of the molecule is CS(=O)(=O)NC1=CCC(Br)C=C1. The lowest BCUT2D eigenvalue weighted by atomic mass is 10.2. The molecule has 0 aliphatic heterocycles. The van der Waals surface area contributed by atoms with Crippen molar-refractivity contribution in [1.29, 1.82) is 0 Å². The lowest BCUT2D eigenvalue weighted by molar-refractivity contribution is 0.595. The maximum Gasteiger partial charge on any atom is 0.229 e. The molecule has 1 aliphatic rings. The summed E-state index contributed by atoms with van der Waals surface area (Å²) in [6.07, 6.45) is 7.47. The van der Waals surface area contributed by atoms with Gasteiger partial charge in [0.1, 0.15) is 0 Å². The van der Waals surface area contributed by atoms with Crippen molar-refractivity contribution in [2.45, 2.75) is 11.2 Å². The van der Waals surface area contributed by atoms with Crippen LogP contribution in [-0.4, -0.2) is 19.5 Å². The number of hydrogen-bond donors (Lipinski definition) is 1. The molecule has 68 valence electrons. The van der Waals surface area contributed by atoms with Crippen molar-refractivity contribution in [1.82, 2.24) is 4.72 Å². The van der Waals surface area contributed by atoms with E-state index in [-0.39, 0.29) is 0 Å². The van der Waals surface area contributed by atoms with Crippen LogP contribution in [0.1, 0.15) is 6.42 Å². The van der Waals surface area contributed by atoms with Gasteiger partial charge in [0.2, 0.25) is 10.0 Å². The zero-order chi connectivity index (χ0) is 9.19. The molecule has 0 saturated heterocycles. The van der Waals surface area contributed by atoms with E-state index in [1.807, 2.05) is 12.2 Å². The van der Waals surface area contributed by atoms with Gasteiger partial charge in [0.25, 0.3) is 0 Å². The average Bonchev–Trinajstić information content (AvgIpc) is 1.91. The second-order valence-corrected chi connectivity index (χ2v) is 5.57. The summed E-state index contributed by atoms with van der Waals surface area (Å²) in [5, 5.41) is 0. The average molecular weight is 252 g/mol. The summed E-state index contributed by atoms with van der Waals surface area (Å²) >= 11 is 3.39. The Morgan fingerprint density at radius 2 is 2.33 bits per heavy atom. The van der Waals surface area contributed by atoms with Crippen molar-refractivity contribution >= 4 is 26.0 Å². The van der Waals surface area contributed by atoms with Gasteiger partial charge in [0.15, 0.2) is 0 Å². The highest BCUT2D eigenvalue weighted by molar-refractivity contribution is 9.09. The quantitative estimate of drug-likeness (QED) is 0.749. The van der Waals surface area contributed by atoms with Gasteiger partial charge in [-0.05, 0) is 12.5 Å². The molecule has 3 nitrogen and oxygen atoms in total. The minimum absolute atomic E-state index is 0.322. The third-order valence-corrected chi connectivity index (χ3v) is 2.64. The number of allylic oxidation sites excluding steroid dienone is 3. The Morgan fingerprint density at radius 1 is 1.67 bits per heavy atom. The molecule has 0 heterocycles. The fraction of sp³-hybridized carbons (Fsp3) is 0.429. The number of rotatable bonds is 2. The molecule has 0 amide bonds. The zero-order valence-corrected chi connectivity index (χ0v) is 9.02. The molecule has 0 aromatic heterocycles. The number of halogens is 1. The highest BCUT2D eigenvalue weighted by Gasteiger charge is 2.07. The first-order valence-electron chi connectivity index (χ1n) is 3.47. The molecular weight excluding hydrogens is 242 g/mol. The van der Waals surface area contributed by atoms with Crippen molar-refractivity contribution in [2.75, 3.05) is 6.26 Å². The molecule has 0 fully saturated rings. The second-order valence-electron chi connectivity index (χ2n) is 2.64. The highest BCUT2D eigenvalue weighted by Crippen LogP contribution is 2.15. The van der Waals surface area contributed by atoms with Crippen LogP contribution in [0.5, 0.6) is 0 Å². The Morgan fingerprint density at radius 3 is 2.75 bits per heavy atom. The summed E-state index contributed by atoms with van der Waals surface area (Å²) < 4.78 is 24.0. The summed E-state index contributed by atoms with van der Waals surface area (Å²) in [4.78, 5) is 0.322. The normalized spacial score (nSPS) is 23.5. The molecule has 0 aromatic carbocycles. The van der Waals surface area contributed by atoms with E-state index >= 15 is 0 Å². The highest BCUT2D eigenvalue weighted by atomic mass is 79.9. The smallest absolute Gasteiger partial charge is 0.229 e. The molecule has 1 atom stereocenters. The van der Waals surface area contributed by atoms with Crippen molar-refractivity contribution in [3.63, 3.8) is 0 Å². The van der Waals surface area contributed by atoms with Gasteiger partial charge in [0.05, 0.1) is 6.26 Å². The van der Waals surface area contributed by atoms with Crippen molar-refractivity contribution in [3.8, 4) is 0 Å².